The fraction of sp³-hybridized carbons (Fsp3) is 0.185. The molecule has 3 aromatic carbocycles. The molecule has 0 fully saturated rings. The predicted molar refractivity (Wildman–Crippen MR) is 135 cm³/mol. The number of halogens is 2. The molecule has 196 valence electrons. The second-order valence-corrected chi connectivity index (χ2v) is 8.62. The Bertz CT molecular complexity index is 1660. The number of carbonyl (C=O) groups is 2. The van der Waals surface area contributed by atoms with E-state index in [0.717, 1.165) is 22.8 Å². The first-order valence-electron chi connectivity index (χ1n) is 11.5. The minimum absolute atomic E-state index is 0.0472. The number of nitrogens with one attached hydrogen (secondary N) is 1. The lowest BCUT2D eigenvalue weighted by molar-refractivity contribution is -0.139. The van der Waals surface area contributed by atoms with Gasteiger partial charge in [-0.3, -0.25) is 9.59 Å². The van der Waals surface area contributed by atoms with Crippen molar-refractivity contribution < 1.29 is 28.6 Å². The van der Waals surface area contributed by atoms with Crippen molar-refractivity contribution in [2.24, 2.45) is 7.05 Å². The summed E-state index contributed by atoms with van der Waals surface area (Å²) in [5.41, 5.74) is -1.17. The number of fused-ring (bicyclic) bond motifs is 1. The van der Waals surface area contributed by atoms with Crippen LogP contribution in [0.25, 0.3) is 16.5 Å². The van der Waals surface area contributed by atoms with E-state index in [1.54, 1.807) is 36.4 Å². The molecular formula is C27H23F2N3O6. The largest absolute Gasteiger partial charge is 0.480 e. The SMILES string of the molecule is Cn1cc(CCO)c(=O)n(-c2cccc3c(C[C@H](NC(=O)c4c(F)cccc4F)C(=O)O)cccc23)c1=O. The number of benzene rings is 3. The number of amides is 1. The average molecular weight is 523 g/mol. The monoisotopic (exact) mass is 523 g/mol. The lowest BCUT2D eigenvalue weighted by Crippen LogP contribution is -2.43. The molecular weight excluding hydrogens is 500 g/mol. The van der Waals surface area contributed by atoms with Crippen molar-refractivity contribution in [1.82, 2.24) is 14.5 Å². The first-order valence-corrected chi connectivity index (χ1v) is 11.5. The van der Waals surface area contributed by atoms with Crippen LogP contribution >= 0.6 is 0 Å². The summed E-state index contributed by atoms with van der Waals surface area (Å²) < 4.78 is 30.3. The van der Waals surface area contributed by atoms with E-state index in [0.29, 0.717) is 16.3 Å². The Balaban J connectivity index is 1.78. The molecule has 4 aromatic rings. The molecule has 38 heavy (non-hydrogen) atoms. The molecule has 1 aromatic heterocycles. The Hall–Kier alpha value is -4.64. The minimum atomic E-state index is -1.54. The summed E-state index contributed by atoms with van der Waals surface area (Å²) in [6, 6.07) is 11.0. The van der Waals surface area contributed by atoms with Crippen LogP contribution < -0.4 is 16.6 Å². The van der Waals surface area contributed by atoms with Gasteiger partial charge in [0.05, 0.1) is 5.69 Å². The molecule has 1 amide bonds. The maximum absolute atomic E-state index is 14.0. The number of nitrogens with zero attached hydrogens (tertiary/aromatic N) is 2. The average Bonchev–Trinajstić information content (AvgIpc) is 2.87. The van der Waals surface area contributed by atoms with Crippen LogP contribution in [0, 0.1) is 11.6 Å². The number of carboxylic acids is 1. The van der Waals surface area contributed by atoms with Crippen LogP contribution in [0.2, 0.25) is 0 Å². The van der Waals surface area contributed by atoms with Gasteiger partial charge in [0.1, 0.15) is 23.2 Å². The topological polar surface area (TPSA) is 131 Å². The normalized spacial score (nSPS) is 11.9. The molecule has 1 heterocycles. The Kier molecular flexibility index (Phi) is 7.49. The third-order valence-corrected chi connectivity index (χ3v) is 6.15. The molecule has 1 atom stereocenters. The van der Waals surface area contributed by atoms with Gasteiger partial charge in [-0.15, -0.1) is 0 Å². The zero-order valence-electron chi connectivity index (χ0n) is 20.1. The van der Waals surface area contributed by atoms with Gasteiger partial charge in [0.15, 0.2) is 0 Å². The number of aromatic nitrogens is 2. The van der Waals surface area contributed by atoms with Crippen molar-refractivity contribution in [3.63, 3.8) is 0 Å². The van der Waals surface area contributed by atoms with Gasteiger partial charge in [0.25, 0.3) is 11.5 Å². The standard InChI is InChI=1S/C27H23F2N3O6/c1-31-14-16(11-12-33)25(35)32(27(31)38)22-10-3-6-17-15(5-2-7-18(17)22)13-21(26(36)37)30-24(34)23-19(28)8-4-9-20(23)29/h2-10,14,21,33H,11-13H2,1H3,(H,30,34)(H,36,37)/t21-/m0/s1. The van der Waals surface area contributed by atoms with Crippen molar-refractivity contribution in [3.8, 4) is 5.69 Å². The zero-order chi connectivity index (χ0) is 27.6. The lowest BCUT2D eigenvalue weighted by Gasteiger charge is -2.18. The highest BCUT2D eigenvalue weighted by atomic mass is 19.1. The summed E-state index contributed by atoms with van der Waals surface area (Å²) in [6.45, 7) is -0.286. The summed E-state index contributed by atoms with van der Waals surface area (Å²) in [5.74, 6) is -4.90. The van der Waals surface area contributed by atoms with Gasteiger partial charge in [-0.05, 0) is 29.1 Å². The number of hydrogen-bond acceptors (Lipinski definition) is 5. The number of carbonyl (C=O) groups excluding carboxylic acids is 1. The van der Waals surface area contributed by atoms with Gasteiger partial charge in [-0.25, -0.2) is 22.9 Å². The molecule has 0 aliphatic rings. The van der Waals surface area contributed by atoms with Crippen molar-refractivity contribution >= 4 is 22.6 Å². The molecule has 9 nitrogen and oxygen atoms in total. The summed E-state index contributed by atoms with van der Waals surface area (Å²) in [7, 11) is 1.48. The van der Waals surface area contributed by atoms with Crippen molar-refractivity contribution in [3.05, 3.63) is 110 Å². The van der Waals surface area contributed by atoms with Crippen LogP contribution in [0.3, 0.4) is 0 Å². The summed E-state index contributed by atoms with van der Waals surface area (Å²) >= 11 is 0. The van der Waals surface area contributed by atoms with Crippen molar-refractivity contribution in [1.29, 1.82) is 0 Å². The second kappa shape index (κ2) is 10.8. The number of aliphatic hydroxyl groups excluding tert-OH is 1. The summed E-state index contributed by atoms with van der Waals surface area (Å²) in [4.78, 5) is 50.5. The molecule has 0 saturated carbocycles. The van der Waals surface area contributed by atoms with E-state index in [1.807, 2.05) is 0 Å². The molecule has 11 heteroatoms. The van der Waals surface area contributed by atoms with Crippen molar-refractivity contribution in [2.75, 3.05) is 6.61 Å². The van der Waals surface area contributed by atoms with Gasteiger partial charge in [-0.2, -0.15) is 0 Å². The molecule has 0 radical (unpaired) electrons. The number of aliphatic carboxylic acids is 1. The Morgan fingerprint density at radius 1 is 0.947 bits per heavy atom. The Morgan fingerprint density at radius 3 is 2.24 bits per heavy atom. The smallest absolute Gasteiger partial charge is 0.335 e. The highest BCUT2D eigenvalue weighted by molar-refractivity contribution is 5.97. The van der Waals surface area contributed by atoms with E-state index in [1.165, 1.54) is 17.8 Å². The van der Waals surface area contributed by atoms with Gasteiger partial charge < -0.3 is 20.1 Å². The van der Waals surface area contributed by atoms with E-state index in [2.05, 4.69) is 5.32 Å². The molecule has 0 bridgehead atoms. The molecule has 4 rings (SSSR count). The maximum atomic E-state index is 14.0. The van der Waals surface area contributed by atoms with Gasteiger partial charge in [-0.1, -0.05) is 36.4 Å². The van der Waals surface area contributed by atoms with Crippen LogP contribution in [0.4, 0.5) is 8.78 Å². The van der Waals surface area contributed by atoms with E-state index < -0.39 is 46.4 Å². The number of rotatable bonds is 8. The lowest BCUT2D eigenvalue weighted by atomic mass is 9.97. The quantitative estimate of drug-likeness (QED) is 0.324. The van der Waals surface area contributed by atoms with E-state index in [4.69, 9.17) is 0 Å². The van der Waals surface area contributed by atoms with Crippen molar-refractivity contribution in [2.45, 2.75) is 18.9 Å². The van der Waals surface area contributed by atoms with Crippen LogP contribution in [0.1, 0.15) is 21.5 Å². The molecule has 0 saturated heterocycles. The van der Waals surface area contributed by atoms with Gasteiger partial charge in [0.2, 0.25) is 0 Å². The maximum Gasteiger partial charge on any atom is 0.335 e. The highest BCUT2D eigenvalue weighted by Crippen LogP contribution is 2.25. The fourth-order valence-electron chi connectivity index (χ4n) is 4.33. The third-order valence-electron chi connectivity index (χ3n) is 6.15. The number of aryl methyl sites for hydroxylation is 1. The van der Waals surface area contributed by atoms with Crippen LogP contribution in [-0.2, 0) is 24.7 Å². The molecule has 0 aliphatic heterocycles. The predicted octanol–water partition coefficient (Wildman–Crippen LogP) is 1.93. The van der Waals surface area contributed by atoms with Crippen LogP contribution in [0.15, 0.2) is 70.4 Å². The summed E-state index contributed by atoms with van der Waals surface area (Å²) in [6.07, 6.45) is 1.16. The second-order valence-electron chi connectivity index (χ2n) is 8.62. The zero-order valence-corrected chi connectivity index (χ0v) is 20.1. The van der Waals surface area contributed by atoms with E-state index in [-0.39, 0.29) is 30.7 Å². The van der Waals surface area contributed by atoms with Gasteiger partial charge in [0, 0.05) is 43.6 Å². The molecule has 3 N–H and O–H groups in total. The van der Waals surface area contributed by atoms with E-state index >= 15 is 0 Å². The van der Waals surface area contributed by atoms with E-state index in [9.17, 15) is 38.2 Å². The Labute approximate surface area is 214 Å². The molecule has 0 aliphatic carbocycles. The third kappa shape index (κ3) is 4.96. The first kappa shape index (κ1) is 26.4. The fourth-order valence-corrected chi connectivity index (χ4v) is 4.33. The number of aliphatic hydroxyl groups is 1. The van der Waals surface area contributed by atoms with Gasteiger partial charge >= 0.3 is 11.7 Å². The van der Waals surface area contributed by atoms with Crippen LogP contribution in [-0.4, -0.2) is 43.9 Å². The minimum Gasteiger partial charge on any atom is -0.480 e. The van der Waals surface area contributed by atoms with Crippen LogP contribution in [0.5, 0.6) is 0 Å². The molecule has 0 spiro atoms. The summed E-state index contributed by atoms with van der Waals surface area (Å²) in [5, 5.41) is 22.2. The Morgan fingerprint density at radius 2 is 1.58 bits per heavy atom. The molecule has 0 unspecified atom stereocenters. The number of carboxylic acid groups (broad SMARTS) is 1. The first-order chi connectivity index (χ1) is 18.1. The number of hydrogen-bond donors (Lipinski definition) is 3. The highest BCUT2D eigenvalue weighted by Gasteiger charge is 2.26.